The summed E-state index contributed by atoms with van der Waals surface area (Å²) in [7, 11) is 0. The highest BCUT2D eigenvalue weighted by Gasteiger charge is 2.12. The number of nitrogens with one attached hydrogen (secondary N) is 1. The van der Waals surface area contributed by atoms with Gasteiger partial charge in [0.1, 0.15) is 11.5 Å². The van der Waals surface area contributed by atoms with Crippen LogP contribution in [-0.2, 0) is 0 Å². The maximum Gasteiger partial charge on any atom is 0.253 e. The van der Waals surface area contributed by atoms with Gasteiger partial charge in [0.15, 0.2) is 0 Å². The second-order valence-corrected chi connectivity index (χ2v) is 7.01. The number of para-hydroxylation sites is 1. The number of nitrogens with zero attached hydrogens (tertiary/aromatic N) is 1. The lowest BCUT2D eigenvalue weighted by atomic mass is 10.0. The number of amides is 1. The summed E-state index contributed by atoms with van der Waals surface area (Å²) >= 11 is 0. The average molecular weight is 394 g/mol. The molecule has 0 saturated heterocycles. The second-order valence-electron chi connectivity index (χ2n) is 7.01. The molecule has 1 unspecified atom stereocenters. The number of ether oxygens (including phenoxy) is 1. The van der Waals surface area contributed by atoms with Gasteiger partial charge in [-0.25, -0.2) is 0 Å². The van der Waals surface area contributed by atoms with Gasteiger partial charge in [0.25, 0.3) is 5.91 Å². The highest BCUT2D eigenvalue weighted by molar-refractivity contribution is 5.95. The van der Waals surface area contributed by atoms with E-state index in [2.05, 4.69) is 10.3 Å². The number of pyridine rings is 1. The third-order valence-corrected chi connectivity index (χ3v) is 4.81. The van der Waals surface area contributed by atoms with E-state index in [1.165, 1.54) is 0 Å². The standard InChI is InChI=1S/C26H22N2O2/c1-19(20-8-4-2-5-9-20)28-26(29)23-16-22(17-27-18-23)21-12-14-25(15-13-21)30-24-10-6-3-7-11-24/h2-19H,1H3,(H,28,29). The van der Waals surface area contributed by atoms with Crippen molar-refractivity contribution in [3.05, 3.63) is 115 Å². The zero-order chi connectivity index (χ0) is 20.8. The van der Waals surface area contributed by atoms with Crippen molar-refractivity contribution in [2.45, 2.75) is 13.0 Å². The molecule has 1 amide bonds. The smallest absolute Gasteiger partial charge is 0.253 e. The van der Waals surface area contributed by atoms with Gasteiger partial charge < -0.3 is 10.1 Å². The van der Waals surface area contributed by atoms with Crippen molar-refractivity contribution in [1.29, 1.82) is 0 Å². The quantitative estimate of drug-likeness (QED) is 0.434. The van der Waals surface area contributed by atoms with Gasteiger partial charge in [-0.3, -0.25) is 9.78 Å². The summed E-state index contributed by atoms with van der Waals surface area (Å²) in [5.41, 5.74) is 3.43. The van der Waals surface area contributed by atoms with E-state index in [9.17, 15) is 4.79 Å². The van der Waals surface area contributed by atoms with Crippen LogP contribution in [0.4, 0.5) is 0 Å². The van der Waals surface area contributed by atoms with Gasteiger partial charge in [-0.05, 0) is 48.4 Å². The van der Waals surface area contributed by atoms with E-state index in [0.29, 0.717) is 5.56 Å². The van der Waals surface area contributed by atoms with Crippen LogP contribution in [0, 0.1) is 0 Å². The van der Waals surface area contributed by atoms with Crippen LogP contribution in [0.25, 0.3) is 11.1 Å². The van der Waals surface area contributed by atoms with E-state index >= 15 is 0 Å². The second kappa shape index (κ2) is 9.05. The molecule has 0 fully saturated rings. The number of carbonyl (C=O) groups excluding carboxylic acids is 1. The molecule has 1 heterocycles. The van der Waals surface area contributed by atoms with Crippen molar-refractivity contribution in [3.63, 3.8) is 0 Å². The van der Waals surface area contributed by atoms with Crippen LogP contribution in [0.15, 0.2) is 103 Å². The highest BCUT2D eigenvalue weighted by Crippen LogP contribution is 2.26. The van der Waals surface area contributed by atoms with Gasteiger partial charge in [0, 0.05) is 18.0 Å². The average Bonchev–Trinajstić information content (AvgIpc) is 2.81. The normalized spacial score (nSPS) is 11.5. The minimum atomic E-state index is -0.148. The van der Waals surface area contributed by atoms with E-state index in [4.69, 9.17) is 4.74 Å². The van der Waals surface area contributed by atoms with Gasteiger partial charge in [-0.1, -0.05) is 60.7 Å². The van der Waals surface area contributed by atoms with Crippen molar-refractivity contribution in [3.8, 4) is 22.6 Å². The van der Waals surface area contributed by atoms with Gasteiger partial charge >= 0.3 is 0 Å². The summed E-state index contributed by atoms with van der Waals surface area (Å²) in [4.78, 5) is 17.0. The van der Waals surface area contributed by atoms with Crippen molar-refractivity contribution in [1.82, 2.24) is 10.3 Å². The Bertz CT molecular complexity index is 1110. The number of benzene rings is 3. The number of hydrogen-bond donors (Lipinski definition) is 1. The summed E-state index contributed by atoms with van der Waals surface area (Å²) in [6.07, 6.45) is 3.34. The Kier molecular flexibility index (Phi) is 5.85. The van der Waals surface area contributed by atoms with Crippen molar-refractivity contribution < 1.29 is 9.53 Å². The maximum absolute atomic E-state index is 12.7. The molecule has 0 saturated carbocycles. The Morgan fingerprint density at radius 2 is 1.43 bits per heavy atom. The van der Waals surface area contributed by atoms with Crippen molar-refractivity contribution in [2.75, 3.05) is 0 Å². The zero-order valence-corrected chi connectivity index (χ0v) is 16.7. The van der Waals surface area contributed by atoms with E-state index in [-0.39, 0.29) is 11.9 Å². The van der Waals surface area contributed by atoms with E-state index in [1.54, 1.807) is 12.4 Å². The molecule has 4 aromatic rings. The predicted octanol–water partition coefficient (Wildman–Crippen LogP) is 6.03. The molecule has 4 heteroatoms. The fourth-order valence-electron chi connectivity index (χ4n) is 3.17. The third-order valence-electron chi connectivity index (χ3n) is 4.81. The van der Waals surface area contributed by atoms with Crippen LogP contribution in [0.5, 0.6) is 11.5 Å². The van der Waals surface area contributed by atoms with Crippen LogP contribution in [0.1, 0.15) is 28.9 Å². The molecule has 1 aromatic heterocycles. The minimum Gasteiger partial charge on any atom is -0.457 e. The molecule has 1 N–H and O–H groups in total. The molecule has 0 aliphatic rings. The molecule has 1 atom stereocenters. The highest BCUT2D eigenvalue weighted by atomic mass is 16.5. The molecular formula is C26H22N2O2. The molecule has 0 aliphatic heterocycles. The van der Waals surface area contributed by atoms with Gasteiger partial charge in [0.05, 0.1) is 11.6 Å². The first-order valence-corrected chi connectivity index (χ1v) is 9.83. The monoisotopic (exact) mass is 394 g/mol. The molecule has 4 rings (SSSR count). The molecule has 4 nitrogen and oxygen atoms in total. The third kappa shape index (κ3) is 4.73. The van der Waals surface area contributed by atoms with E-state index in [1.807, 2.05) is 97.9 Å². The summed E-state index contributed by atoms with van der Waals surface area (Å²) in [6.45, 7) is 1.97. The van der Waals surface area contributed by atoms with Crippen molar-refractivity contribution >= 4 is 5.91 Å². The van der Waals surface area contributed by atoms with Crippen LogP contribution in [0.3, 0.4) is 0 Å². The van der Waals surface area contributed by atoms with E-state index in [0.717, 1.165) is 28.2 Å². The minimum absolute atomic E-state index is 0.0863. The number of hydrogen-bond acceptors (Lipinski definition) is 3. The molecule has 3 aromatic carbocycles. The fourth-order valence-corrected chi connectivity index (χ4v) is 3.17. The SMILES string of the molecule is CC(NC(=O)c1cncc(-c2ccc(Oc3ccccc3)cc2)c1)c1ccccc1. The molecule has 0 spiro atoms. The van der Waals surface area contributed by atoms with Crippen LogP contribution in [-0.4, -0.2) is 10.9 Å². The summed E-state index contributed by atoms with van der Waals surface area (Å²) in [5.74, 6) is 1.39. The lowest BCUT2D eigenvalue weighted by molar-refractivity contribution is 0.0939. The first-order valence-electron chi connectivity index (χ1n) is 9.83. The lowest BCUT2D eigenvalue weighted by Gasteiger charge is -2.14. The molecular weight excluding hydrogens is 372 g/mol. The van der Waals surface area contributed by atoms with E-state index < -0.39 is 0 Å². The van der Waals surface area contributed by atoms with Gasteiger partial charge in [-0.2, -0.15) is 0 Å². The molecule has 0 bridgehead atoms. The molecule has 0 aliphatic carbocycles. The first-order chi connectivity index (χ1) is 14.7. The van der Waals surface area contributed by atoms with Crippen LogP contribution >= 0.6 is 0 Å². The largest absolute Gasteiger partial charge is 0.457 e. The number of aromatic nitrogens is 1. The van der Waals surface area contributed by atoms with Crippen LogP contribution < -0.4 is 10.1 Å². The van der Waals surface area contributed by atoms with Gasteiger partial charge in [0.2, 0.25) is 0 Å². The predicted molar refractivity (Wildman–Crippen MR) is 119 cm³/mol. The fraction of sp³-hybridized carbons (Fsp3) is 0.0769. The summed E-state index contributed by atoms with van der Waals surface area (Å²) < 4.78 is 5.84. The summed E-state index contributed by atoms with van der Waals surface area (Å²) in [5, 5.41) is 3.03. The zero-order valence-electron chi connectivity index (χ0n) is 16.7. The molecule has 30 heavy (non-hydrogen) atoms. The molecule has 148 valence electrons. The Morgan fingerprint density at radius 1 is 0.800 bits per heavy atom. The Labute approximate surface area is 176 Å². The van der Waals surface area contributed by atoms with Crippen LogP contribution in [0.2, 0.25) is 0 Å². The Morgan fingerprint density at radius 3 is 2.13 bits per heavy atom. The number of carbonyl (C=O) groups is 1. The first kappa shape index (κ1) is 19.4. The van der Waals surface area contributed by atoms with Crippen molar-refractivity contribution in [2.24, 2.45) is 0 Å². The topological polar surface area (TPSA) is 51.2 Å². The number of rotatable bonds is 6. The Hall–Kier alpha value is -3.92. The van der Waals surface area contributed by atoms with Gasteiger partial charge in [-0.15, -0.1) is 0 Å². The molecule has 0 radical (unpaired) electrons. The lowest BCUT2D eigenvalue weighted by Crippen LogP contribution is -2.26. The maximum atomic E-state index is 12.7. The summed E-state index contributed by atoms with van der Waals surface area (Å²) in [6, 6.07) is 29.0. The Balaban J connectivity index is 1.47.